The lowest BCUT2D eigenvalue weighted by molar-refractivity contribution is -0.132. The minimum atomic E-state index is -1.09. The van der Waals surface area contributed by atoms with Gasteiger partial charge in [0.25, 0.3) is 0 Å². The van der Waals surface area contributed by atoms with Crippen LogP contribution in [-0.4, -0.2) is 72.5 Å². The first kappa shape index (κ1) is 29.2. The number of para-hydroxylation sites is 1. The van der Waals surface area contributed by atoms with Crippen LogP contribution >= 0.6 is 0 Å². The molecule has 216 valence electrons. The van der Waals surface area contributed by atoms with E-state index in [1.165, 1.54) is 32.4 Å². The summed E-state index contributed by atoms with van der Waals surface area (Å²) in [7, 11) is 2.89. The summed E-state index contributed by atoms with van der Waals surface area (Å²) in [5.74, 6) is -0.298. The Balaban J connectivity index is 1.39. The van der Waals surface area contributed by atoms with E-state index in [0.717, 1.165) is 5.56 Å². The third-order valence-corrected chi connectivity index (χ3v) is 6.82. The number of carboxylic acid groups (broad SMARTS) is 1. The minimum absolute atomic E-state index is 0.0475. The van der Waals surface area contributed by atoms with E-state index < -0.39 is 24.1 Å². The van der Waals surface area contributed by atoms with Crippen LogP contribution in [0.15, 0.2) is 60.7 Å². The average molecular weight is 564 g/mol. The molecule has 1 aliphatic rings. The average Bonchev–Trinajstić information content (AvgIpc) is 3.34. The molecular formula is C30H33N3O8. The van der Waals surface area contributed by atoms with Crippen molar-refractivity contribution in [3.8, 4) is 17.2 Å². The molecule has 0 unspecified atom stereocenters. The van der Waals surface area contributed by atoms with E-state index in [2.05, 4.69) is 10.6 Å². The van der Waals surface area contributed by atoms with E-state index in [-0.39, 0.29) is 36.8 Å². The van der Waals surface area contributed by atoms with Crippen LogP contribution in [0.1, 0.15) is 27.9 Å². The second-order valence-electron chi connectivity index (χ2n) is 9.68. The quantitative estimate of drug-likeness (QED) is 0.290. The summed E-state index contributed by atoms with van der Waals surface area (Å²) in [6.07, 6.45) is -0.313. The number of methoxy groups -OCH3 is 2. The van der Waals surface area contributed by atoms with E-state index in [0.29, 0.717) is 34.9 Å². The molecule has 3 amide bonds. The molecule has 0 aliphatic carbocycles. The van der Waals surface area contributed by atoms with E-state index in [1.807, 2.05) is 25.1 Å². The maximum absolute atomic E-state index is 13.3. The van der Waals surface area contributed by atoms with Crippen molar-refractivity contribution in [2.24, 2.45) is 0 Å². The van der Waals surface area contributed by atoms with E-state index in [9.17, 15) is 24.6 Å². The highest BCUT2D eigenvalue weighted by Crippen LogP contribution is 2.30. The summed E-state index contributed by atoms with van der Waals surface area (Å²) in [5, 5.41) is 25.1. The molecule has 2 atom stereocenters. The van der Waals surface area contributed by atoms with Crippen LogP contribution in [0, 0.1) is 6.92 Å². The van der Waals surface area contributed by atoms with E-state index in [1.54, 1.807) is 29.2 Å². The fourth-order valence-corrected chi connectivity index (χ4v) is 4.68. The van der Waals surface area contributed by atoms with Crippen LogP contribution in [0.5, 0.6) is 17.2 Å². The number of likely N-dealkylation sites (tertiary alicyclic amines) is 1. The number of hydrogen-bond acceptors (Lipinski definition) is 7. The van der Waals surface area contributed by atoms with Crippen LogP contribution in [-0.2, 0) is 11.2 Å². The van der Waals surface area contributed by atoms with Crippen molar-refractivity contribution >= 4 is 29.3 Å². The molecule has 0 aromatic heterocycles. The molecule has 1 saturated heterocycles. The standard InChI is InChI=1S/C30H33N3O8/c1-18-6-4-5-7-23(18)31-30(38)32-24-10-8-19(12-26(24)39-2)13-28(35)33-16-22(34)15-21(33)17-41-25-11-9-20(29(36)37)14-27(25)40-3/h4-12,14,21-22,34H,13,15-17H2,1-3H3,(H,36,37)(H2,31,32,38)/t21-,22-/m0/s1. The number of nitrogens with zero attached hydrogens (tertiary/aromatic N) is 1. The van der Waals surface area contributed by atoms with Gasteiger partial charge in [0, 0.05) is 12.2 Å². The predicted molar refractivity (Wildman–Crippen MR) is 152 cm³/mol. The highest BCUT2D eigenvalue weighted by Gasteiger charge is 2.35. The minimum Gasteiger partial charge on any atom is -0.495 e. The van der Waals surface area contributed by atoms with Gasteiger partial charge in [-0.25, -0.2) is 9.59 Å². The monoisotopic (exact) mass is 563 g/mol. The number of benzene rings is 3. The lowest BCUT2D eigenvalue weighted by Gasteiger charge is -2.25. The summed E-state index contributed by atoms with van der Waals surface area (Å²) in [6, 6.07) is 16.0. The van der Waals surface area contributed by atoms with Crippen molar-refractivity contribution in [1.82, 2.24) is 4.90 Å². The third-order valence-electron chi connectivity index (χ3n) is 6.82. The Bertz CT molecular complexity index is 1430. The van der Waals surface area contributed by atoms with Gasteiger partial charge in [-0.1, -0.05) is 24.3 Å². The van der Waals surface area contributed by atoms with Crippen LogP contribution in [0.2, 0.25) is 0 Å². The van der Waals surface area contributed by atoms with Gasteiger partial charge in [0.15, 0.2) is 11.5 Å². The molecule has 0 saturated carbocycles. The maximum Gasteiger partial charge on any atom is 0.335 e. The van der Waals surface area contributed by atoms with Crippen LogP contribution in [0.3, 0.4) is 0 Å². The first-order valence-electron chi connectivity index (χ1n) is 13.0. The first-order valence-corrected chi connectivity index (χ1v) is 13.0. The van der Waals surface area contributed by atoms with Gasteiger partial charge >= 0.3 is 12.0 Å². The SMILES string of the molecule is COc1cc(CC(=O)N2C[C@@H](O)C[C@H]2COc2ccc(C(=O)O)cc2OC)ccc1NC(=O)Nc1ccccc1C. The Kier molecular flexibility index (Phi) is 9.30. The van der Waals surface area contributed by atoms with Crippen molar-refractivity contribution in [2.45, 2.75) is 31.9 Å². The second kappa shape index (κ2) is 13.1. The van der Waals surface area contributed by atoms with Crippen LogP contribution in [0.25, 0.3) is 0 Å². The zero-order chi connectivity index (χ0) is 29.5. The molecule has 11 nitrogen and oxygen atoms in total. The van der Waals surface area contributed by atoms with Gasteiger partial charge in [-0.15, -0.1) is 0 Å². The molecule has 41 heavy (non-hydrogen) atoms. The summed E-state index contributed by atoms with van der Waals surface area (Å²) < 4.78 is 16.6. The van der Waals surface area contributed by atoms with Gasteiger partial charge < -0.3 is 40.0 Å². The number of nitrogens with one attached hydrogen (secondary N) is 2. The topological polar surface area (TPSA) is 147 Å². The summed E-state index contributed by atoms with van der Waals surface area (Å²) >= 11 is 0. The number of rotatable bonds is 10. The molecule has 1 fully saturated rings. The number of β-amino-alcohol motifs (C(OH)–C–C–N with tert-alkyl or cyclic N) is 1. The summed E-state index contributed by atoms with van der Waals surface area (Å²) in [5.41, 5.74) is 2.79. The molecule has 3 aromatic rings. The molecule has 1 aliphatic heterocycles. The van der Waals surface area contributed by atoms with Gasteiger partial charge in [0.05, 0.1) is 44.0 Å². The number of aliphatic hydroxyl groups is 1. The number of amides is 3. The van der Waals surface area contributed by atoms with Gasteiger partial charge in [0.2, 0.25) is 5.91 Å². The molecule has 11 heteroatoms. The number of hydrogen-bond donors (Lipinski definition) is 4. The number of aryl methyl sites for hydroxylation is 1. The van der Waals surface area contributed by atoms with Crippen molar-refractivity contribution in [3.63, 3.8) is 0 Å². The lowest BCUT2D eigenvalue weighted by Crippen LogP contribution is -2.40. The largest absolute Gasteiger partial charge is 0.495 e. The molecule has 0 radical (unpaired) electrons. The van der Waals surface area contributed by atoms with E-state index >= 15 is 0 Å². The van der Waals surface area contributed by atoms with Crippen molar-refractivity contribution in [1.29, 1.82) is 0 Å². The molecule has 0 spiro atoms. The Morgan fingerprint density at radius 3 is 2.37 bits per heavy atom. The summed E-state index contributed by atoms with van der Waals surface area (Å²) in [4.78, 5) is 38.6. The Hall–Kier alpha value is -4.77. The number of aliphatic hydroxyl groups excluding tert-OH is 1. The third kappa shape index (κ3) is 7.25. The van der Waals surface area contributed by atoms with Gasteiger partial charge in [-0.2, -0.15) is 0 Å². The van der Waals surface area contributed by atoms with Gasteiger partial charge in [-0.3, -0.25) is 4.79 Å². The van der Waals surface area contributed by atoms with Crippen molar-refractivity contribution < 1.29 is 38.8 Å². The molecule has 1 heterocycles. The smallest absolute Gasteiger partial charge is 0.335 e. The zero-order valence-electron chi connectivity index (χ0n) is 23.0. The lowest BCUT2D eigenvalue weighted by atomic mass is 10.1. The number of urea groups is 1. The highest BCUT2D eigenvalue weighted by atomic mass is 16.5. The van der Waals surface area contributed by atoms with Crippen LogP contribution < -0.4 is 24.8 Å². The highest BCUT2D eigenvalue weighted by molar-refractivity contribution is 6.01. The molecule has 4 rings (SSSR count). The van der Waals surface area contributed by atoms with Crippen molar-refractivity contribution in [3.05, 3.63) is 77.4 Å². The second-order valence-corrected chi connectivity index (χ2v) is 9.68. The number of aromatic carboxylic acids is 1. The molecule has 3 aromatic carbocycles. The van der Waals surface area contributed by atoms with Crippen molar-refractivity contribution in [2.75, 3.05) is 38.0 Å². The van der Waals surface area contributed by atoms with Crippen LogP contribution in [0.4, 0.5) is 16.2 Å². The Labute approximate surface area is 237 Å². The number of carboxylic acids is 1. The molecule has 4 N–H and O–H groups in total. The Morgan fingerprint density at radius 2 is 1.66 bits per heavy atom. The Morgan fingerprint density at radius 1 is 0.927 bits per heavy atom. The summed E-state index contributed by atoms with van der Waals surface area (Å²) in [6.45, 7) is 2.15. The van der Waals surface area contributed by atoms with E-state index in [4.69, 9.17) is 14.2 Å². The fourth-order valence-electron chi connectivity index (χ4n) is 4.68. The maximum atomic E-state index is 13.3. The fraction of sp³-hybridized carbons (Fsp3) is 0.300. The number of carbonyl (C=O) groups is 3. The molecular weight excluding hydrogens is 530 g/mol. The van der Waals surface area contributed by atoms with Gasteiger partial charge in [-0.05, 0) is 60.9 Å². The number of ether oxygens (including phenoxy) is 3. The predicted octanol–water partition coefficient (Wildman–Crippen LogP) is 3.94. The number of carbonyl (C=O) groups excluding carboxylic acids is 2. The first-order chi connectivity index (χ1) is 19.7. The number of anilines is 2. The molecule has 0 bridgehead atoms. The van der Waals surface area contributed by atoms with Gasteiger partial charge in [0.1, 0.15) is 12.4 Å². The zero-order valence-corrected chi connectivity index (χ0v) is 23.0. The normalized spacial score (nSPS) is 16.1.